The number of ether oxygens (including phenoxy) is 1. The van der Waals surface area contributed by atoms with Gasteiger partial charge in [-0.15, -0.1) is 0 Å². The number of ketones is 1. The zero-order chi connectivity index (χ0) is 14.3. The van der Waals surface area contributed by atoms with Gasteiger partial charge in [0.2, 0.25) is 0 Å². The summed E-state index contributed by atoms with van der Waals surface area (Å²) in [5, 5.41) is 17.9. The Bertz CT molecular complexity index is 598. The van der Waals surface area contributed by atoms with E-state index in [0.29, 0.717) is 11.3 Å². The van der Waals surface area contributed by atoms with E-state index in [0.717, 1.165) is 0 Å². The van der Waals surface area contributed by atoms with Crippen LogP contribution in [-0.2, 0) is 9.53 Å². The van der Waals surface area contributed by atoms with Crippen molar-refractivity contribution in [1.29, 1.82) is 10.5 Å². The Morgan fingerprint density at radius 3 is 2.21 bits per heavy atom. The molecule has 1 rings (SSSR count). The molecule has 19 heavy (non-hydrogen) atoms. The maximum Gasteiger partial charge on any atom is 0.172 e. The lowest BCUT2D eigenvalue weighted by atomic mass is 10.1. The molecule has 0 bridgehead atoms. The fourth-order valence-corrected chi connectivity index (χ4v) is 1.45. The first-order chi connectivity index (χ1) is 9.08. The van der Waals surface area contributed by atoms with Crippen molar-refractivity contribution in [3.8, 4) is 12.1 Å². The van der Waals surface area contributed by atoms with E-state index < -0.39 is 0 Å². The molecule has 4 nitrogen and oxygen atoms in total. The van der Waals surface area contributed by atoms with Crippen molar-refractivity contribution in [2.45, 2.75) is 13.8 Å². The van der Waals surface area contributed by atoms with E-state index in [1.807, 2.05) is 6.07 Å². The predicted octanol–water partition coefficient (Wildman–Crippen LogP) is 2.95. The minimum Gasteiger partial charge on any atom is -0.459 e. The van der Waals surface area contributed by atoms with E-state index in [-0.39, 0.29) is 17.1 Å². The highest BCUT2D eigenvalue weighted by atomic mass is 16.5. The van der Waals surface area contributed by atoms with Crippen LogP contribution in [0.2, 0.25) is 0 Å². The lowest BCUT2D eigenvalue weighted by Crippen LogP contribution is -1.96. The SMILES string of the molecule is CC(=O)/C=C(\C)OC(=C(C#N)C#N)c1ccccc1. The van der Waals surface area contributed by atoms with Gasteiger partial charge in [0.25, 0.3) is 0 Å². The summed E-state index contributed by atoms with van der Waals surface area (Å²) in [6.07, 6.45) is 1.30. The first-order valence-corrected chi connectivity index (χ1v) is 5.55. The third-order valence-corrected chi connectivity index (χ3v) is 2.16. The maximum absolute atomic E-state index is 11.0. The van der Waals surface area contributed by atoms with Crippen LogP contribution < -0.4 is 0 Å². The van der Waals surface area contributed by atoms with Crippen LogP contribution in [0.25, 0.3) is 5.76 Å². The molecule has 0 unspecified atom stereocenters. The van der Waals surface area contributed by atoms with Crippen molar-refractivity contribution < 1.29 is 9.53 Å². The molecule has 0 amide bonds. The zero-order valence-electron chi connectivity index (χ0n) is 10.7. The Morgan fingerprint density at radius 1 is 1.16 bits per heavy atom. The molecule has 0 saturated heterocycles. The summed E-state index contributed by atoms with van der Waals surface area (Å²) < 4.78 is 5.47. The number of rotatable bonds is 4. The highest BCUT2D eigenvalue weighted by Crippen LogP contribution is 2.22. The van der Waals surface area contributed by atoms with Crippen molar-refractivity contribution in [3.05, 3.63) is 53.3 Å². The molecule has 4 heteroatoms. The Hall–Kier alpha value is -2.85. The van der Waals surface area contributed by atoms with Crippen molar-refractivity contribution in [2.75, 3.05) is 0 Å². The first kappa shape index (κ1) is 14.2. The van der Waals surface area contributed by atoms with E-state index in [1.165, 1.54) is 13.0 Å². The Balaban J connectivity index is 3.26. The van der Waals surface area contributed by atoms with E-state index in [1.54, 1.807) is 43.3 Å². The first-order valence-electron chi connectivity index (χ1n) is 5.55. The number of hydrogen-bond donors (Lipinski definition) is 0. The number of nitriles is 2. The van der Waals surface area contributed by atoms with Gasteiger partial charge in [0, 0.05) is 11.6 Å². The highest BCUT2D eigenvalue weighted by molar-refractivity contribution is 5.87. The smallest absolute Gasteiger partial charge is 0.172 e. The number of carbonyl (C=O) groups excluding carboxylic acids is 1. The molecule has 0 saturated carbocycles. The molecule has 0 N–H and O–H groups in total. The topological polar surface area (TPSA) is 73.9 Å². The zero-order valence-corrected chi connectivity index (χ0v) is 10.7. The van der Waals surface area contributed by atoms with Crippen LogP contribution in [0.3, 0.4) is 0 Å². The van der Waals surface area contributed by atoms with E-state index in [2.05, 4.69) is 0 Å². The number of nitrogens with zero attached hydrogens (tertiary/aromatic N) is 2. The van der Waals surface area contributed by atoms with Crippen LogP contribution in [0.4, 0.5) is 0 Å². The normalized spacial score (nSPS) is 10.0. The summed E-state index contributed by atoms with van der Waals surface area (Å²) in [7, 11) is 0. The summed E-state index contributed by atoms with van der Waals surface area (Å²) >= 11 is 0. The highest BCUT2D eigenvalue weighted by Gasteiger charge is 2.11. The maximum atomic E-state index is 11.0. The van der Waals surface area contributed by atoms with E-state index in [4.69, 9.17) is 15.3 Å². The molecule has 0 aliphatic rings. The molecule has 0 aromatic heterocycles. The van der Waals surface area contributed by atoms with Gasteiger partial charge in [0.15, 0.2) is 17.1 Å². The summed E-state index contributed by atoms with van der Waals surface area (Å²) in [5.74, 6) is 0.315. The lowest BCUT2D eigenvalue weighted by Gasteiger charge is -2.10. The van der Waals surface area contributed by atoms with Crippen LogP contribution in [-0.4, -0.2) is 5.78 Å². The predicted molar refractivity (Wildman–Crippen MR) is 70.1 cm³/mol. The summed E-state index contributed by atoms with van der Waals surface area (Å²) in [4.78, 5) is 11.0. The minimum absolute atomic E-state index is 0.137. The average molecular weight is 252 g/mol. The van der Waals surface area contributed by atoms with Crippen LogP contribution in [0, 0.1) is 22.7 Å². The molecule has 0 atom stereocenters. The summed E-state index contributed by atoms with van der Waals surface area (Å²) in [6.45, 7) is 2.99. The fourth-order valence-electron chi connectivity index (χ4n) is 1.45. The van der Waals surface area contributed by atoms with Crippen LogP contribution >= 0.6 is 0 Å². The van der Waals surface area contributed by atoms with Gasteiger partial charge in [-0.1, -0.05) is 30.3 Å². The van der Waals surface area contributed by atoms with Crippen molar-refractivity contribution in [1.82, 2.24) is 0 Å². The molecule has 0 aliphatic carbocycles. The number of hydrogen-bond acceptors (Lipinski definition) is 4. The van der Waals surface area contributed by atoms with Crippen LogP contribution in [0.15, 0.2) is 47.7 Å². The molecule has 0 radical (unpaired) electrons. The minimum atomic E-state index is -0.166. The Morgan fingerprint density at radius 2 is 1.74 bits per heavy atom. The lowest BCUT2D eigenvalue weighted by molar-refractivity contribution is -0.112. The molecule has 0 aliphatic heterocycles. The van der Waals surface area contributed by atoms with Gasteiger partial charge in [-0.25, -0.2) is 0 Å². The molecule has 1 aromatic carbocycles. The second-order valence-electron chi connectivity index (χ2n) is 3.76. The number of allylic oxidation sites excluding steroid dienone is 3. The van der Waals surface area contributed by atoms with Gasteiger partial charge in [-0.2, -0.15) is 10.5 Å². The monoisotopic (exact) mass is 252 g/mol. The molecule has 1 aromatic rings. The molecule has 0 fully saturated rings. The fraction of sp³-hybridized carbons (Fsp3) is 0.133. The second kappa shape index (κ2) is 6.78. The van der Waals surface area contributed by atoms with Crippen molar-refractivity contribution in [3.63, 3.8) is 0 Å². The standard InChI is InChI=1S/C15H12N2O2/c1-11(18)8-12(2)19-15(14(9-16)10-17)13-6-4-3-5-7-13/h3-8H,1-2H3/b12-8+. The Labute approximate surface area is 111 Å². The Kier molecular flexibility index (Phi) is 5.07. The van der Waals surface area contributed by atoms with E-state index in [9.17, 15) is 4.79 Å². The van der Waals surface area contributed by atoms with Gasteiger partial charge in [0.1, 0.15) is 17.9 Å². The van der Waals surface area contributed by atoms with Crippen molar-refractivity contribution >= 4 is 11.5 Å². The van der Waals surface area contributed by atoms with Gasteiger partial charge < -0.3 is 4.74 Å². The molecule has 0 spiro atoms. The van der Waals surface area contributed by atoms with Gasteiger partial charge in [0.05, 0.1) is 0 Å². The van der Waals surface area contributed by atoms with Gasteiger partial charge >= 0.3 is 0 Å². The third kappa shape index (κ3) is 4.14. The molecular weight excluding hydrogens is 240 g/mol. The third-order valence-electron chi connectivity index (χ3n) is 2.16. The molecule has 0 heterocycles. The molecule has 94 valence electrons. The van der Waals surface area contributed by atoms with E-state index >= 15 is 0 Å². The second-order valence-corrected chi connectivity index (χ2v) is 3.76. The largest absolute Gasteiger partial charge is 0.459 e. The summed E-state index contributed by atoms with van der Waals surface area (Å²) in [5.41, 5.74) is 0.472. The van der Waals surface area contributed by atoms with Gasteiger partial charge in [-0.05, 0) is 13.8 Å². The van der Waals surface area contributed by atoms with Crippen molar-refractivity contribution in [2.24, 2.45) is 0 Å². The van der Waals surface area contributed by atoms with Crippen LogP contribution in [0.5, 0.6) is 0 Å². The molecular formula is C15H12N2O2. The average Bonchev–Trinajstić information content (AvgIpc) is 2.39. The number of benzene rings is 1. The summed E-state index contributed by atoms with van der Waals surface area (Å²) in [6, 6.07) is 12.4. The van der Waals surface area contributed by atoms with Crippen LogP contribution in [0.1, 0.15) is 19.4 Å². The number of carbonyl (C=O) groups is 1. The quantitative estimate of drug-likeness (QED) is 0.469. The van der Waals surface area contributed by atoms with Gasteiger partial charge in [-0.3, -0.25) is 4.79 Å².